The van der Waals surface area contributed by atoms with Crippen LogP contribution in [0.3, 0.4) is 0 Å². The van der Waals surface area contributed by atoms with Crippen LogP contribution in [0.2, 0.25) is 5.02 Å². The van der Waals surface area contributed by atoms with Gasteiger partial charge in [-0.1, -0.05) is 66.2 Å². The van der Waals surface area contributed by atoms with Crippen molar-refractivity contribution in [3.63, 3.8) is 0 Å². The minimum Gasteiger partial charge on any atom is -0.232 e. The van der Waals surface area contributed by atoms with Gasteiger partial charge in [0.25, 0.3) is 0 Å². The van der Waals surface area contributed by atoms with E-state index in [1.54, 1.807) is 0 Å². The van der Waals surface area contributed by atoms with Gasteiger partial charge < -0.3 is 0 Å². The normalized spacial score (nSPS) is 12.5. The van der Waals surface area contributed by atoms with Crippen molar-refractivity contribution in [2.24, 2.45) is 0 Å². The zero-order valence-electron chi connectivity index (χ0n) is 14.2. The summed E-state index contributed by atoms with van der Waals surface area (Å²) in [5, 5.41) is 5.74. The Kier molecular flexibility index (Phi) is 3.65. The lowest BCUT2D eigenvalue weighted by Gasteiger charge is -2.17. The molecule has 1 aromatic heterocycles. The highest BCUT2D eigenvalue weighted by atomic mass is 35.5. The third-order valence-electron chi connectivity index (χ3n) is 4.97. The first-order chi connectivity index (χ1) is 12.8. The van der Waals surface area contributed by atoms with Gasteiger partial charge in [-0.3, -0.25) is 0 Å². The van der Waals surface area contributed by atoms with Gasteiger partial charge in [-0.25, -0.2) is 4.68 Å². The molecule has 0 aliphatic heterocycles. The van der Waals surface area contributed by atoms with Crippen LogP contribution in [-0.2, 0) is 12.8 Å². The number of fused-ring (bicyclic) bond motifs is 3. The highest BCUT2D eigenvalue weighted by Gasteiger charge is 2.26. The molecule has 3 heteroatoms. The molecule has 1 heterocycles. The molecule has 0 unspecified atom stereocenters. The predicted octanol–water partition coefficient (Wildman–Crippen LogP) is 5.96. The van der Waals surface area contributed by atoms with E-state index in [-0.39, 0.29) is 0 Å². The molecule has 0 saturated heterocycles. The smallest absolute Gasteiger partial charge is 0.0823 e. The van der Waals surface area contributed by atoms with E-state index in [9.17, 15) is 0 Å². The minimum absolute atomic E-state index is 0.737. The van der Waals surface area contributed by atoms with E-state index in [1.807, 2.05) is 36.4 Å². The molecule has 0 saturated carbocycles. The average molecular weight is 357 g/mol. The third kappa shape index (κ3) is 2.46. The molecule has 26 heavy (non-hydrogen) atoms. The van der Waals surface area contributed by atoms with Crippen molar-refractivity contribution >= 4 is 11.6 Å². The topological polar surface area (TPSA) is 17.8 Å². The van der Waals surface area contributed by atoms with Crippen LogP contribution in [0.5, 0.6) is 0 Å². The van der Waals surface area contributed by atoms with Crippen LogP contribution >= 0.6 is 11.6 Å². The second-order valence-corrected chi connectivity index (χ2v) is 7.02. The van der Waals surface area contributed by atoms with Crippen molar-refractivity contribution in [2.45, 2.75) is 12.8 Å². The molecule has 3 aromatic carbocycles. The monoisotopic (exact) mass is 356 g/mol. The summed E-state index contributed by atoms with van der Waals surface area (Å²) >= 11 is 6.31. The van der Waals surface area contributed by atoms with Gasteiger partial charge in [0.15, 0.2) is 0 Å². The standard InChI is InChI=1S/C23H17ClN2/c24-18-9-6-8-17(15-18)23-22-20-12-5-4-7-16(20)13-14-21(22)25-26(23)19-10-2-1-3-11-19/h1-12,15H,13-14H2. The maximum atomic E-state index is 6.31. The van der Waals surface area contributed by atoms with Gasteiger partial charge in [0.2, 0.25) is 0 Å². The zero-order valence-corrected chi connectivity index (χ0v) is 14.9. The summed E-state index contributed by atoms with van der Waals surface area (Å²) in [5.74, 6) is 0. The van der Waals surface area contributed by atoms with E-state index in [1.165, 1.54) is 16.7 Å². The predicted molar refractivity (Wildman–Crippen MR) is 107 cm³/mol. The molecule has 1 aliphatic carbocycles. The number of rotatable bonds is 2. The molecule has 0 N–H and O–H groups in total. The Morgan fingerprint density at radius 3 is 2.46 bits per heavy atom. The number of hydrogen-bond donors (Lipinski definition) is 0. The summed E-state index contributed by atoms with van der Waals surface area (Å²) < 4.78 is 2.07. The number of benzene rings is 3. The Morgan fingerprint density at radius 2 is 1.62 bits per heavy atom. The lowest BCUT2D eigenvalue weighted by atomic mass is 9.87. The SMILES string of the molecule is Clc1cccc(-c2c3c(nn2-c2ccccc2)CCc2ccccc2-3)c1. The van der Waals surface area contributed by atoms with Crippen molar-refractivity contribution in [2.75, 3.05) is 0 Å². The fourth-order valence-corrected chi connectivity index (χ4v) is 4.01. The van der Waals surface area contributed by atoms with Crippen molar-refractivity contribution in [3.05, 3.63) is 95.1 Å². The summed E-state index contributed by atoms with van der Waals surface area (Å²) in [6.07, 6.45) is 1.99. The molecule has 0 amide bonds. The van der Waals surface area contributed by atoms with Crippen molar-refractivity contribution in [1.82, 2.24) is 9.78 Å². The second kappa shape index (κ2) is 6.15. The van der Waals surface area contributed by atoms with E-state index in [0.29, 0.717) is 0 Å². The Morgan fingerprint density at radius 1 is 0.808 bits per heavy atom. The Labute approximate surface area is 157 Å². The molecule has 1 aliphatic rings. The molecule has 126 valence electrons. The molecule has 5 rings (SSSR count). The quantitative estimate of drug-likeness (QED) is 0.433. The average Bonchev–Trinajstić information content (AvgIpc) is 3.09. The number of nitrogens with zero attached hydrogens (tertiary/aromatic N) is 2. The Balaban J connectivity index is 1.85. The number of hydrogen-bond acceptors (Lipinski definition) is 1. The minimum atomic E-state index is 0.737. The molecule has 0 atom stereocenters. The first-order valence-corrected chi connectivity index (χ1v) is 9.20. The third-order valence-corrected chi connectivity index (χ3v) is 5.21. The van der Waals surface area contributed by atoms with Crippen LogP contribution < -0.4 is 0 Å². The van der Waals surface area contributed by atoms with Crippen molar-refractivity contribution in [1.29, 1.82) is 0 Å². The molecule has 0 spiro atoms. The number of halogens is 1. The van der Waals surface area contributed by atoms with Gasteiger partial charge >= 0.3 is 0 Å². The number of aryl methyl sites for hydroxylation is 2. The molecule has 0 bridgehead atoms. The Hall–Kier alpha value is -2.84. The molecular weight excluding hydrogens is 340 g/mol. The summed E-state index contributed by atoms with van der Waals surface area (Å²) in [5.41, 5.74) is 8.32. The van der Waals surface area contributed by atoms with E-state index in [4.69, 9.17) is 16.7 Å². The van der Waals surface area contributed by atoms with E-state index in [2.05, 4.69) is 47.1 Å². The van der Waals surface area contributed by atoms with Crippen LogP contribution in [0.1, 0.15) is 11.3 Å². The highest BCUT2D eigenvalue weighted by molar-refractivity contribution is 6.30. The summed E-state index contributed by atoms with van der Waals surface area (Å²) in [4.78, 5) is 0. The lowest BCUT2D eigenvalue weighted by Crippen LogP contribution is -2.03. The lowest BCUT2D eigenvalue weighted by molar-refractivity contribution is 0.818. The summed E-state index contributed by atoms with van der Waals surface area (Å²) in [6, 6.07) is 27.0. The van der Waals surface area contributed by atoms with Gasteiger partial charge in [0.05, 0.1) is 17.1 Å². The fourth-order valence-electron chi connectivity index (χ4n) is 3.81. The molecule has 0 fully saturated rings. The van der Waals surface area contributed by atoms with E-state index in [0.717, 1.165) is 40.5 Å². The largest absolute Gasteiger partial charge is 0.232 e. The zero-order chi connectivity index (χ0) is 17.5. The summed E-state index contributed by atoms with van der Waals surface area (Å²) in [6.45, 7) is 0. The van der Waals surface area contributed by atoms with E-state index >= 15 is 0 Å². The maximum Gasteiger partial charge on any atom is 0.0823 e. The second-order valence-electron chi connectivity index (χ2n) is 6.59. The Bertz CT molecular complexity index is 1100. The van der Waals surface area contributed by atoms with Gasteiger partial charge in [-0.05, 0) is 48.2 Å². The van der Waals surface area contributed by atoms with Gasteiger partial charge in [0, 0.05) is 16.1 Å². The number of para-hydroxylation sites is 1. The van der Waals surface area contributed by atoms with Crippen molar-refractivity contribution < 1.29 is 0 Å². The first kappa shape index (κ1) is 15.4. The van der Waals surface area contributed by atoms with Gasteiger partial charge in [-0.15, -0.1) is 0 Å². The summed E-state index contributed by atoms with van der Waals surface area (Å²) in [7, 11) is 0. The molecule has 0 radical (unpaired) electrons. The van der Waals surface area contributed by atoms with Crippen LogP contribution in [0, 0.1) is 0 Å². The van der Waals surface area contributed by atoms with Crippen molar-refractivity contribution in [3.8, 4) is 28.1 Å². The van der Waals surface area contributed by atoms with Crippen LogP contribution in [-0.4, -0.2) is 9.78 Å². The highest BCUT2D eigenvalue weighted by Crippen LogP contribution is 2.42. The van der Waals surface area contributed by atoms with Crippen LogP contribution in [0.4, 0.5) is 0 Å². The molecule has 4 aromatic rings. The first-order valence-electron chi connectivity index (χ1n) is 8.83. The van der Waals surface area contributed by atoms with Gasteiger partial charge in [-0.2, -0.15) is 5.10 Å². The van der Waals surface area contributed by atoms with E-state index < -0.39 is 0 Å². The molecular formula is C23H17ClN2. The maximum absolute atomic E-state index is 6.31. The number of aromatic nitrogens is 2. The fraction of sp³-hybridized carbons (Fsp3) is 0.0870. The van der Waals surface area contributed by atoms with Crippen LogP contribution in [0.25, 0.3) is 28.1 Å². The van der Waals surface area contributed by atoms with Gasteiger partial charge in [0.1, 0.15) is 0 Å². The van der Waals surface area contributed by atoms with Crippen LogP contribution in [0.15, 0.2) is 78.9 Å². The molecule has 2 nitrogen and oxygen atoms in total.